The van der Waals surface area contributed by atoms with Crippen molar-refractivity contribution in [2.75, 3.05) is 24.5 Å². The molecule has 0 heterocycles. The fourth-order valence-electron chi connectivity index (χ4n) is 1.88. The molecule has 0 aliphatic rings. The second-order valence-corrected chi connectivity index (χ2v) is 4.29. The Labute approximate surface area is 113 Å². The summed E-state index contributed by atoms with van der Waals surface area (Å²) in [6.07, 6.45) is 0. The van der Waals surface area contributed by atoms with Crippen molar-refractivity contribution in [3.8, 4) is 0 Å². The number of carbonyl (C=O) groups excluding carboxylic acids is 1. The number of likely N-dealkylation sites (N-methyl/N-ethyl adjacent to an activating group) is 2. The number of carboxylic acid groups (broad SMARTS) is 1. The van der Waals surface area contributed by atoms with Crippen molar-refractivity contribution in [1.29, 1.82) is 0 Å². The lowest BCUT2D eigenvalue weighted by Crippen LogP contribution is -2.37. The van der Waals surface area contributed by atoms with E-state index in [-0.39, 0.29) is 18.0 Å². The molecule has 1 aromatic rings. The second-order valence-electron chi connectivity index (χ2n) is 4.29. The van der Waals surface area contributed by atoms with Gasteiger partial charge in [0.05, 0.1) is 17.8 Å². The maximum Gasteiger partial charge on any atom is 0.337 e. The van der Waals surface area contributed by atoms with Gasteiger partial charge in [-0.25, -0.2) is 4.79 Å². The van der Waals surface area contributed by atoms with Crippen LogP contribution < -0.4 is 10.2 Å². The van der Waals surface area contributed by atoms with Crippen LogP contribution in [0.4, 0.5) is 5.69 Å². The summed E-state index contributed by atoms with van der Waals surface area (Å²) < 4.78 is 0. The van der Waals surface area contributed by atoms with Crippen LogP contribution in [0.3, 0.4) is 0 Å². The quantitative estimate of drug-likeness (QED) is 0.819. The molecule has 1 aromatic carbocycles. The van der Waals surface area contributed by atoms with Crippen molar-refractivity contribution in [3.63, 3.8) is 0 Å². The van der Waals surface area contributed by atoms with Gasteiger partial charge in [0.25, 0.3) is 0 Å². The molecule has 0 aliphatic carbocycles. The van der Waals surface area contributed by atoms with Gasteiger partial charge >= 0.3 is 5.97 Å². The van der Waals surface area contributed by atoms with Crippen molar-refractivity contribution in [2.24, 2.45) is 0 Å². The number of benzene rings is 1. The van der Waals surface area contributed by atoms with Crippen LogP contribution in [0.2, 0.25) is 0 Å². The van der Waals surface area contributed by atoms with Crippen molar-refractivity contribution in [3.05, 3.63) is 29.3 Å². The Morgan fingerprint density at radius 1 is 1.32 bits per heavy atom. The number of aryl methyl sites for hydroxylation is 1. The van der Waals surface area contributed by atoms with E-state index in [4.69, 9.17) is 0 Å². The van der Waals surface area contributed by atoms with Crippen LogP contribution in [0.25, 0.3) is 0 Å². The Balaban J connectivity index is 3.06. The maximum absolute atomic E-state index is 11.7. The van der Waals surface area contributed by atoms with Crippen molar-refractivity contribution in [1.82, 2.24) is 5.32 Å². The molecule has 0 spiro atoms. The Morgan fingerprint density at radius 3 is 2.53 bits per heavy atom. The molecular formula is C14H20N2O3. The molecule has 0 aromatic heterocycles. The summed E-state index contributed by atoms with van der Waals surface area (Å²) in [5.41, 5.74) is 1.77. The normalized spacial score (nSPS) is 10.1. The lowest BCUT2D eigenvalue weighted by Gasteiger charge is -2.24. The van der Waals surface area contributed by atoms with Gasteiger partial charge in [-0.1, -0.05) is 6.07 Å². The van der Waals surface area contributed by atoms with E-state index in [1.807, 2.05) is 20.8 Å². The van der Waals surface area contributed by atoms with Gasteiger partial charge < -0.3 is 15.3 Å². The summed E-state index contributed by atoms with van der Waals surface area (Å²) in [6, 6.07) is 5.13. The average molecular weight is 264 g/mol. The van der Waals surface area contributed by atoms with E-state index in [2.05, 4.69) is 5.32 Å². The Bertz CT molecular complexity index is 472. The zero-order chi connectivity index (χ0) is 14.4. The van der Waals surface area contributed by atoms with Gasteiger partial charge in [0, 0.05) is 13.1 Å². The van der Waals surface area contributed by atoms with E-state index in [1.165, 1.54) is 0 Å². The molecule has 2 N–H and O–H groups in total. The van der Waals surface area contributed by atoms with Crippen LogP contribution >= 0.6 is 0 Å². The number of anilines is 1. The first-order chi connectivity index (χ1) is 8.99. The molecule has 0 atom stereocenters. The standard InChI is InChI=1S/C14H20N2O3/c1-4-15-13(17)9-16(5-2)12-8-10(3)6-7-11(12)14(18)19/h6-8H,4-5,9H2,1-3H3,(H,15,17)(H,18,19). The average Bonchev–Trinajstić information content (AvgIpc) is 2.35. The molecule has 0 radical (unpaired) electrons. The van der Waals surface area contributed by atoms with Crippen LogP contribution in [-0.4, -0.2) is 36.6 Å². The largest absolute Gasteiger partial charge is 0.478 e. The number of hydrogen-bond donors (Lipinski definition) is 2. The smallest absolute Gasteiger partial charge is 0.337 e. The van der Waals surface area contributed by atoms with Crippen LogP contribution in [0.5, 0.6) is 0 Å². The molecule has 0 bridgehead atoms. The number of amides is 1. The number of rotatable bonds is 6. The minimum atomic E-state index is -0.982. The molecule has 104 valence electrons. The van der Waals surface area contributed by atoms with Gasteiger partial charge in [-0.3, -0.25) is 4.79 Å². The zero-order valence-corrected chi connectivity index (χ0v) is 11.6. The molecule has 5 heteroatoms. The first-order valence-electron chi connectivity index (χ1n) is 6.35. The summed E-state index contributed by atoms with van der Waals surface area (Å²) in [4.78, 5) is 24.7. The van der Waals surface area contributed by atoms with Crippen LogP contribution in [0, 0.1) is 6.92 Å². The highest BCUT2D eigenvalue weighted by Gasteiger charge is 2.17. The third-order valence-corrected chi connectivity index (χ3v) is 2.81. The number of nitrogens with zero attached hydrogens (tertiary/aromatic N) is 1. The SMILES string of the molecule is CCNC(=O)CN(CC)c1cc(C)ccc1C(=O)O. The molecule has 1 amide bonds. The van der Waals surface area contributed by atoms with Gasteiger partial charge in [-0.05, 0) is 38.5 Å². The van der Waals surface area contributed by atoms with E-state index < -0.39 is 5.97 Å². The molecule has 0 unspecified atom stereocenters. The van der Waals surface area contributed by atoms with Gasteiger partial charge in [0.1, 0.15) is 0 Å². The predicted octanol–water partition coefficient (Wildman–Crippen LogP) is 1.66. The van der Waals surface area contributed by atoms with Crippen molar-refractivity contribution >= 4 is 17.6 Å². The number of hydrogen-bond acceptors (Lipinski definition) is 3. The fraction of sp³-hybridized carbons (Fsp3) is 0.429. The molecule has 0 saturated heterocycles. The Kier molecular flexibility index (Phi) is 5.36. The second kappa shape index (κ2) is 6.78. The number of aromatic carboxylic acids is 1. The molecule has 5 nitrogen and oxygen atoms in total. The molecule has 0 aliphatic heterocycles. The van der Waals surface area contributed by atoms with Crippen LogP contribution in [0.1, 0.15) is 29.8 Å². The van der Waals surface area contributed by atoms with Gasteiger partial charge in [-0.15, -0.1) is 0 Å². The molecular weight excluding hydrogens is 244 g/mol. The van der Waals surface area contributed by atoms with Crippen molar-refractivity contribution in [2.45, 2.75) is 20.8 Å². The fourth-order valence-corrected chi connectivity index (χ4v) is 1.88. The lowest BCUT2D eigenvalue weighted by molar-refractivity contribution is -0.119. The lowest BCUT2D eigenvalue weighted by atomic mass is 10.1. The monoisotopic (exact) mass is 264 g/mol. The Morgan fingerprint density at radius 2 is 2.00 bits per heavy atom. The topological polar surface area (TPSA) is 69.6 Å². The number of carboxylic acids is 1. The minimum Gasteiger partial charge on any atom is -0.478 e. The van der Waals surface area contributed by atoms with Crippen LogP contribution in [-0.2, 0) is 4.79 Å². The van der Waals surface area contributed by atoms with Gasteiger partial charge in [0.2, 0.25) is 5.91 Å². The summed E-state index contributed by atoms with van der Waals surface area (Å²) >= 11 is 0. The first-order valence-corrected chi connectivity index (χ1v) is 6.35. The number of nitrogens with one attached hydrogen (secondary N) is 1. The molecule has 19 heavy (non-hydrogen) atoms. The third kappa shape index (κ3) is 3.98. The highest BCUT2D eigenvalue weighted by Crippen LogP contribution is 2.22. The van der Waals surface area contributed by atoms with E-state index in [9.17, 15) is 14.7 Å². The summed E-state index contributed by atoms with van der Waals surface area (Å²) in [6.45, 7) is 6.94. The summed E-state index contributed by atoms with van der Waals surface area (Å²) in [5.74, 6) is -1.09. The predicted molar refractivity (Wildman–Crippen MR) is 74.7 cm³/mol. The van der Waals surface area contributed by atoms with Gasteiger partial charge in [0.15, 0.2) is 0 Å². The highest BCUT2D eigenvalue weighted by atomic mass is 16.4. The third-order valence-electron chi connectivity index (χ3n) is 2.81. The van der Waals surface area contributed by atoms with Crippen LogP contribution in [0.15, 0.2) is 18.2 Å². The van der Waals surface area contributed by atoms with E-state index >= 15 is 0 Å². The van der Waals surface area contributed by atoms with Gasteiger partial charge in [-0.2, -0.15) is 0 Å². The van der Waals surface area contributed by atoms with E-state index in [0.717, 1.165) is 5.56 Å². The molecule has 1 rings (SSSR count). The van der Waals surface area contributed by atoms with E-state index in [0.29, 0.717) is 18.8 Å². The zero-order valence-electron chi connectivity index (χ0n) is 11.6. The molecule has 0 saturated carbocycles. The highest BCUT2D eigenvalue weighted by molar-refractivity contribution is 5.95. The molecule has 0 fully saturated rings. The summed E-state index contributed by atoms with van der Waals surface area (Å²) in [5, 5.41) is 11.9. The minimum absolute atomic E-state index is 0.109. The van der Waals surface area contributed by atoms with Crippen molar-refractivity contribution < 1.29 is 14.7 Å². The first kappa shape index (κ1) is 15.0. The Hall–Kier alpha value is -2.04. The number of carbonyl (C=O) groups is 2. The summed E-state index contributed by atoms with van der Waals surface area (Å²) in [7, 11) is 0. The maximum atomic E-state index is 11.7. The van der Waals surface area contributed by atoms with E-state index in [1.54, 1.807) is 23.1 Å².